The molecule has 6 heteroatoms. The molecule has 1 atom stereocenters. The first kappa shape index (κ1) is 19.3. The van der Waals surface area contributed by atoms with E-state index in [-0.39, 0.29) is 5.97 Å². The van der Waals surface area contributed by atoms with Crippen LogP contribution in [0.25, 0.3) is 0 Å². The minimum Gasteiger partial charge on any atom is -0.497 e. The predicted octanol–water partition coefficient (Wildman–Crippen LogP) is 2.01. The normalized spacial score (nSPS) is 12.1. The molecule has 0 radical (unpaired) electrons. The highest BCUT2D eigenvalue weighted by molar-refractivity contribution is 5.69. The molecule has 130 valence electrons. The summed E-state index contributed by atoms with van der Waals surface area (Å²) in [6.07, 6.45) is 0.259. The summed E-state index contributed by atoms with van der Waals surface area (Å²) in [7, 11) is 5.07. The SMILES string of the molecule is CCOC(=O)CCN(C)CCC(O)c1ccc(OC)cc1OC. The van der Waals surface area contributed by atoms with Gasteiger partial charge in [-0.1, -0.05) is 0 Å². The molecule has 1 rings (SSSR count). The fourth-order valence-electron chi connectivity index (χ4n) is 2.22. The van der Waals surface area contributed by atoms with Crippen LogP contribution in [0.5, 0.6) is 11.5 Å². The molecule has 0 aliphatic rings. The van der Waals surface area contributed by atoms with E-state index in [1.807, 2.05) is 11.9 Å². The van der Waals surface area contributed by atoms with E-state index in [1.54, 1.807) is 39.3 Å². The molecule has 1 aromatic carbocycles. The van der Waals surface area contributed by atoms with Gasteiger partial charge in [0, 0.05) is 24.7 Å². The van der Waals surface area contributed by atoms with Crippen molar-refractivity contribution in [2.24, 2.45) is 0 Å². The summed E-state index contributed by atoms with van der Waals surface area (Å²) in [5, 5.41) is 10.4. The Bertz CT molecular complexity index is 492. The quantitative estimate of drug-likeness (QED) is 0.664. The lowest BCUT2D eigenvalue weighted by atomic mass is 10.0. The summed E-state index contributed by atoms with van der Waals surface area (Å²) in [6.45, 7) is 3.46. The first-order valence-corrected chi connectivity index (χ1v) is 7.76. The Balaban J connectivity index is 2.49. The number of nitrogens with zero attached hydrogens (tertiary/aromatic N) is 1. The van der Waals surface area contributed by atoms with Gasteiger partial charge in [-0.05, 0) is 32.5 Å². The minimum atomic E-state index is -0.638. The number of esters is 1. The maximum absolute atomic E-state index is 11.3. The van der Waals surface area contributed by atoms with E-state index in [0.717, 1.165) is 5.56 Å². The summed E-state index contributed by atoms with van der Waals surface area (Å²) in [5.41, 5.74) is 0.729. The smallest absolute Gasteiger partial charge is 0.307 e. The molecule has 1 unspecified atom stereocenters. The largest absolute Gasteiger partial charge is 0.497 e. The second kappa shape index (κ2) is 10.1. The monoisotopic (exact) mass is 325 g/mol. The minimum absolute atomic E-state index is 0.197. The first-order valence-electron chi connectivity index (χ1n) is 7.76. The molecule has 0 saturated carbocycles. The fraction of sp³-hybridized carbons (Fsp3) is 0.588. The lowest BCUT2D eigenvalue weighted by Crippen LogP contribution is -2.25. The summed E-state index contributed by atoms with van der Waals surface area (Å²) in [6, 6.07) is 5.36. The predicted molar refractivity (Wildman–Crippen MR) is 87.9 cm³/mol. The molecule has 0 bridgehead atoms. The van der Waals surface area contributed by atoms with Gasteiger partial charge in [0.05, 0.1) is 33.4 Å². The number of methoxy groups -OCH3 is 2. The van der Waals surface area contributed by atoms with Crippen molar-refractivity contribution in [2.75, 3.05) is 41.0 Å². The van der Waals surface area contributed by atoms with Crippen molar-refractivity contribution < 1.29 is 24.1 Å². The zero-order chi connectivity index (χ0) is 17.2. The third-order valence-corrected chi connectivity index (χ3v) is 3.59. The van der Waals surface area contributed by atoms with Crippen LogP contribution in [0.2, 0.25) is 0 Å². The highest BCUT2D eigenvalue weighted by atomic mass is 16.5. The number of hydrogen-bond donors (Lipinski definition) is 1. The van der Waals surface area contributed by atoms with Crippen LogP contribution in [0.4, 0.5) is 0 Å². The standard InChI is InChI=1S/C17H27NO5/c1-5-23-17(20)9-11-18(2)10-8-15(19)14-7-6-13(21-3)12-16(14)22-4/h6-7,12,15,19H,5,8-11H2,1-4H3. The Morgan fingerprint density at radius 1 is 1.26 bits per heavy atom. The Labute approximate surface area is 138 Å². The van der Waals surface area contributed by atoms with Crippen molar-refractivity contribution in [1.29, 1.82) is 0 Å². The van der Waals surface area contributed by atoms with E-state index >= 15 is 0 Å². The molecular formula is C17H27NO5. The van der Waals surface area contributed by atoms with E-state index < -0.39 is 6.10 Å². The molecule has 6 nitrogen and oxygen atoms in total. The maximum Gasteiger partial charge on any atom is 0.307 e. The topological polar surface area (TPSA) is 68.2 Å². The Morgan fingerprint density at radius 2 is 2.00 bits per heavy atom. The van der Waals surface area contributed by atoms with Gasteiger partial charge in [0.1, 0.15) is 11.5 Å². The molecule has 0 heterocycles. The molecule has 0 spiro atoms. The average molecular weight is 325 g/mol. The summed E-state index contributed by atoms with van der Waals surface area (Å²) >= 11 is 0. The van der Waals surface area contributed by atoms with Crippen molar-refractivity contribution in [3.05, 3.63) is 23.8 Å². The number of carbonyl (C=O) groups excluding carboxylic acids is 1. The first-order chi connectivity index (χ1) is 11.0. The van der Waals surface area contributed by atoms with Crippen LogP contribution in [0.3, 0.4) is 0 Å². The van der Waals surface area contributed by atoms with Crippen molar-refractivity contribution >= 4 is 5.97 Å². The molecule has 0 fully saturated rings. The van der Waals surface area contributed by atoms with Crippen molar-refractivity contribution in [1.82, 2.24) is 4.90 Å². The van der Waals surface area contributed by atoms with Gasteiger partial charge in [-0.15, -0.1) is 0 Å². The molecule has 1 aromatic rings. The molecule has 23 heavy (non-hydrogen) atoms. The van der Waals surface area contributed by atoms with Crippen molar-refractivity contribution in [2.45, 2.75) is 25.9 Å². The van der Waals surface area contributed by atoms with Gasteiger partial charge in [-0.2, -0.15) is 0 Å². The zero-order valence-electron chi connectivity index (χ0n) is 14.4. The Hall–Kier alpha value is -1.79. The van der Waals surface area contributed by atoms with Crippen LogP contribution < -0.4 is 9.47 Å². The van der Waals surface area contributed by atoms with E-state index in [2.05, 4.69) is 0 Å². The number of aliphatic hydroxyl groups excluding tert-OH is 1. The van der Waals surface area contributed by atoms with E-state index in [0.29, 0.717) is 44.0 Å². The lowest BCUT2D eigenvalue weighted by molar-refractivity contribution is -0.143. The van der Waals surface area contributed by atoms with Crippen LogP contribution in [0.15, 0.2) is 18.2 Å². The number of carbonyl (C=O) groups is 1. The third kappa shape index (κ3) is 6.46. The molecule has 1 N–H and O–H groups in total. The van der Waals surface area contributed by atoms with Crippen molar-refractivity contribution in [3.8, 4) is 11.5 Å². The van der Waals surface area contributed by atoms with Crippen LogP contribution in [-0.2, 0) is 9.53 Å². The Kier molecular flexibility index (Phi) is 8.43. The van der Waals surface area contributed by atoms with Gasteiger partial charge in [0.2, 0.25) is 0 Å². The average Bonchev–Trinajstić information content (AvgIpc) is 2.57. The number of ether oxygens (including phenoxy) is 3. The van der Waals surface area contributed by atoms with Crippen LogP contribution in [0.1, 0.15) is 31.4 Å². The van der Waals surface area contributed by atoms with E-state index in [9.17, 15) is 9.90 Å². The summed E-state index contributed by atoms with van der Waals surface area (Å²) in [5.74, 6) is 1.09. The van der Waals surface area contributed by atoms with Gasteiger partial charge in [0.15, 0.2) is 0 Å². The summed E-state index contributed by atoms with van der Waals surface area (Å²) in [4.78, 5) is 13.3. The molecule has 0 aliphatic heterocycles. The highest BCUT2D eigenvalue weighted by Gasteiger charge is 2.15. The summed E-state index contributed by atoms with van der Waals surface area (Å²) < 4.78 is 15.4. The molecule has 0 aromatic heterocycles. The number of aliphatic hydroxyl groups is 1. The second-order valence-electron chi connectivity index (χ2n) is 5.27. The van der Waals surface area contributed by atoms with Crippen LogP contribution >= 0.6 is 0 Å². The van der Waals surface area contributed by atoms with Gasteiger partial charge >= 0.3 is 5.97 Å². The van der Waals surface area contributed by atoms with Gasteiger partial charge in [-0.3, -0.25) is 4.79 Å². The fourth-order valence-corrected chi connectivity index (χ4v) is 2.22. The van der Waals surface area contributed by atoms with Gasteiger partial charge in [0.25, 0.3) is 0 Å². The van der Waals surface area contributed by atoms with Gasteiger partial charge in [-0.25, -0.2) is 0 Å². The third-order valence-electron chi connectivity index (χ3n) is 3.59. The van der Waals surface area contributed by atoms with E-state index in [4.69, 9.17) is 14.2 Å². The van der Waals surface area contributed by atoms with Crippen LogP contribution in [-0.4, -0.2) is 56.9 Å². The number of benzene rings is 1. The lowest BCUT2D eigenvalue weighted by Gasteiger charge is -2.20. The van der Waals surface area contributed by atoms with Crippen molar-refractivity contribution in [3.63, 3.8) is 0 Å². The Morgan fingerprint density at radius 3 is 2.61 bits per heavy atom. The number of hydrogen-bond acceptors (Lipinski definition) is 6. The molecule has 0 amide bonds. The van der Waals surface area contributed by atoms with Crippen LogP contribution in [0, 0.1) is 0 Å². The second-order valence-corrected chi connectivity index (χ2v) is 5.27. The molecular weight excluding hydrogens is 298 g/mol. The highest BCUT2D eigenvalue weighted by Crippen LogP contribution is 2.30. The number of rotatable bonds is 10. The van der Waals surface area contributed by atoms with Gasteiger partial charge < -0.3 is 24.2 Å². The maximum atomic E-state index is 11.3. The zero-order valence-corrected chi connectivity index (χ0v) is 14.4. The van der Waals surface area contributed by atoms with E-state index in [1.165, 1.54) is 0 Å². The molecule has 0 saturated heterocycles. The molecule has 0 aliphatic carbocycles.